The summed E-state index contributed by atoms with van der Waals surface area (Å²) in [6.07, 6.45) is 1.67. The van der Waals surface area contributed by atoms with E-state index in [4.69, 9.17) is 14.1 Å². The van der Waals surface area contributed by atoms with E-state index in [1.54, 1.807) is 13.4 Å². The van der Waals surface area contributed by atoms with Crippen LogP contribution in [0.4, 0.5) is 0 Å². The van der Waals surface area contributed by atoms with E-state index < -0.39 is 0 Å². The van der Waals surface area contributed by atoms with Crippen LogP contribution in [0, 0.1) is 0 Å². The van der Waals surface area contributed by atoms with Gasteiger partial charge in [-0.2, -0.15) is 0 Å². The number of methoxy groups -OCH3 is 1. The quantitative estimate of drug-likeness (QED) is 0.562. The van der Waals surface area contributed by atoms with E-state index in [1.807, 2.05) is 48.5 Å². The highest BCUT2D eigenvalue weighted by Crippen LogP contribution is 2.28. The Balaban J connectivity index is 1.89. The van der Waals surface area contributed by atoms with Crippen molar-refractivity contribution in [2.45, 2.75) is 6.54 Å². The zero-order chi connectivity index (χ0) is 15.6. The van der Waals surface area contributed by atoms with E-state index in [1.165, 1.54) is 0 Å². The monoisotopic (exact) mass is 304 g/mol. The third-order valence-corrected chi connectivity index (χ3v) is 3.92. The Morgan fingerprint density at radius 1 is 1.00 bits per heavy atom. The largest absolute Gasteiger partial charge is 0.496 e. The Kier molecular flexibility index (Phi) is 3.35. The minimum atomic E-state index is 0.667. The fourth-order valence-corrected chi connectivity index (χ4v) is 2.83. The van der Waals surface area contributed by atoms with Crippen LogP contribution in [0.15, 0.2) is 71.3 Å². The number of furan rings is 1. The second kappa shape index (κ2) is 5.65. The van der Waals surface area contributed by atoms with Crippen LogP contribution in [0.3, 0.4) is 0 Å². The molecule has 2 aromatic heterocycles. The molecule has 0 aliphatic heterocycles. The summed E-state index contributed by atoms with van der Waals surface area (Å²) in [5.41, 5.74) is 3.13. The van der Waals surface area contributed by atoms with Crippen molar-refractivity contribution in [3.8, 4) is 17.3 Å². The number of rotatable bonds is 4. The molecule has 4 aromatic rings. The van der Waals surface area contributed by atoms with E-state index in [2.05, 4.69) is 16.7 Å². The molecule has 0 N–H and O–H groups in total. The number of aromatic nitrogens is 2. The van der Waals surface area contributed by atoms with Crippen LogP contribution >= 0.6 is 0 Å². The van der Waals surface area contributed by atoms with E-state index in [0.717, 1.165) is 33.9 Å². The topological polar surface area (TPSA) is 40.2 Å². The number of ether oxygens (including phenoxy) is 1. The fraction of sp³-hybridized carbons (Fsp3) is 0.105. The van der Waals surface area contributed by atoms with Crippen molar-refractivity contribution in [1.82, 2.24) is 9.55 Å². The van der Waals surface area contributed by atoms with Crippen LogP contribution in [-0.4, -0.2) is 16.7 Å². The van der Waals surface area contributed by atoms with Gasteiger partial charge in [0, 0.05) is 5.56 Å². The first kappa shape index (κ1) is 13.6. The maximum Gasteiger partial charge on any atom is 0.177 e. The van der Waals surface area contributed by atoms with E-state index >= 15 is 0 Å². The van der Waals surface area contributed by atoms with Gasteiger partial charge in [0.25, 0.3) is 0 Å². The predicted molar refractivity (Wildman–Crippen MR) is 89.5 cm³/mol. The SMILES string of the molecule is COc1ccccc1Cn1c(-c2ccco2)nc2ccccc21. The van der Waals surface area contributed by atoms with Gasteiger partial charge in [0.2, 0.25) is 0 Å². The molecule has 2 heterocycles. The van der Waals surface area contributed by atoms with Gasteiger partial charge in [-0.15, -0.1) is 0 Å². The smallest absolute Gasteiger partial charge is 0.177 e. The van der Waals surface area contributed by atoms with E-state index in [-0.39, 0.29) is 0 Å². The molecule has 0 aliphatic carbocycles. The summed E-state index contributed by atoms with van der Waals surface area (Å²) in [4.78, 5) is 4.74. The minimum Gasteiger partial charge on any atom is -0.496 e. The molecule has 0 atom stereocenters. The molecule has 0 fully saturated rings. The molecular weight excluding hydrogens is 288 g/mol. The Morgan fingerprint density at radius 3 is 2.65 bits per heavy atom. The van der Waals surface area contributed by atoms with Gasteiger partial charge in [-0.25, -0.2) is 4.98 Å². The number of hydrogen-bond donors (Lipinski definition) is 0. The molecule has 114 valence electrons. The van der Waals surface area contributed by atoms with Crippen molar-refractivity contribution in [2.75, 3.05) is 7.11 Å². The number of hydrogen-bond acceptors (Lipinski definition) is 3. The molecule has 0 spiro atoms. The molecule has 0 saturated carbocycles. The highest BCUT2D eigenvalue weighted by molar-refractivity contribution is 5.80. The van der Waals surface area contributed by atoms with Crippen molar-refractivity contribution < 1.29 is 9.15 Å². The molecule has 23 heavy (non-hydrogen) atoms. The number of nitrogens with zero attached hydrogens (tertiary/aromatic N) is 2. The number of benzene rings is 2. The molecule has 0 saturated heterocycles. The second-order valence-electron chi connectivity index (χ2n) is 5.30. The van der Waals surface area contributed by atoms with E-state index in [0.29, 0.717) is 6.54 Å². The van der Waals surface area contributed by atoms with Crippen molar-refractivity contribution >= 4 is 11.0 Å². The summed E-state index contributed by atoms with van der Waals surface area (Å²) in [5, 5.41) is 0. The summed E-state index contributed by atoms with van der Waals surface area (Å²) < 4.78 is 13.2. The predicted octanol–water partition coefficient (Wildman–Crippen LogP) is 4.35. The molecular formula is C19H16N2O2. The lowest BCUT2D eigenvalue weighted by Crippen LogP contribution is -2.03. The molecule has 2 aromatic carbocycles. The average molecular weight is 304 g/mol. The lowest BCUT2D eigenvalue weighted by atomic mass is 10.2. The van der Waals surface area contributed by atoms with Gasteiger partial charge < -0.3 is 13.7 Å². The second-order valence-corrected chi connectivity index (χ2v) is 5.30. The van der Waals surface area contributed by atoms with Crippen molar-refractivity contribution in [1.29, 1.82) is 0 Å². The van der Waals surface area contributed by atoms with Crippen LogP contribution < -0.4 is 4.74 Å². The Hall–Kier alpha value is -3.01. The third kappa shape index (κ3) is 2.38. The van der Waals surface area contributed by atoms with Gasteiger partial charge in [-0.05, 0) is 30.3 Å². The lowest BCUT2D eigenvalue weighted by Gasteiger charge is -2.11. The van der Waals surface area contributed by atoms with Gasteiger partial charge >= 0.3 is 0 Å². The summed E-state index contributed by atoms with van der Waals surface area (Å²) in [7, 11) is 1.69. The summed E-state index contributed by atoms with van der Waals surface area (Å²) in [6.45, 7) is 0.667. The zero-order valence-corrected chi connectivity index (χ0v) is 12.8. The van der Waals surface area contributed by atoms with Gasteiger partial charge in [0.15, 0.2) is 11.6 Å². The maximum absolute atomic E-state index is 5.57. The molecule has 4 rings (SSSR count). The molecule has 0 radical (unpaired) electrons. The highest BCUT2D eigenvalue weighted by atomic mass is 16.5. The first-order chi connectivity index (χ1) is 11.4. The van der Waals surface area contributed by atoms with Crippen LogP contribution in [-0.2, 0) is 6.54 Å². The van der Waals surface area contributed by atoms with Crippen LogP contribution in [0.5, 0.6) is 5.75 Å². The highest BCUT2D eigenvalue weighted by Gasteiger charge is 2.15. The maximum atomic E-state index is 5.57. The number of imidazole rings is 1. The summed E-state index contributed by atoms with van der Waals surface area (Å²) in [6, 6.07) is 19.9. The Bertz CT molecular complexity index is 939. The van der Waals surface area contributed by atoms with Gasteiger partial charge in [0.1, 0.15) is 5.75 Å². The van der Waals surface area contributed by atoms with Crippen molar-refractivity contribution in [3.05, 3.63) is 72.5 Å². The van der Waals surface area contributed by atoms with Gasteiger partial charge in [-0.3, -0.25) is 0 Å². The van der Waals surface area contributed by atoms with Crippen LogP contribution in [0.25, 0.3) is 22.6 Å². The molecule has 0 amide bonds. The third-order valence-electron chi connectivity index (χ3n) is 3.92. The Morgan fingerprint density at radius 2 is 1.83 bits per heavy atom. The fourth-order valence-electron chi connectivity index (χ4n) is 2.83. The summed E-state index contributed by atoms with van der Waals surface area (Å²) >= 11 is 0. The normalized spacial score (nSPS) is 11.0. The van der Waals surface area contributed by atoms with Crippen molar-refractivity contribution in [2.24, 2.45) is 0 Å². The molecule has 4 nitrogen and oxygen atoms in total. The summed E-state index contributed by atoms with van der Waals surface area (Å²) in [5.74, 6) is 2.45. The molecule has 4 heteroatoms. The number of para-hydroxylation sites is 3. The van der Waals surface area contributed by atoms with Crippen molar-refractivity contribution in [3.63, 3.8) is 0 Å². The van der Waals surface area contributed by atoms with E-state index in [9.17, 15) is 0 Å². The standard InChI is InChI=1S/C19H16N2O2/c1-22-17-10-5-2-7-14(17)13-21-16-9-4-3-8-15(16)20-19(21)18-11-6-12-23-18/h2-12H,13H2,1H3. The first-order valence-corrected chi connectivity index (χ1v) is 7.48. The lowest BCUT2D eigenvalue weighted by molar-refractivity contribution is 0.408. The van der Waals surface area contributed by atoms with Gasteiger partial charge in [-0.1, -0.05) is 30.3 Å². The van der Waals surface area contributed by atoms with Crippen LogP contribution in [0.1, 0.15) is 5.56 Å². The first-order valence-electron chi connectivity index (χ1n) is 7.48. The number of fused-ring (bicyclic) bond motifs is 1. The van der Waals surface area contributed by atoms with Crippen LogP contribution in [0.2, 0.25) is 0 Å². The molecule has 0 bridgehead atoms. The molecule has 0 aliphatic rings. The zero-order valence-electron chi connectivity index (χ0n) is 12.8. The minimum absolute atomic E-state index is 0.667. The average Bonchev–Trinajstić information content (AvgIpc) is 3.23. The van der Waals surface area contributed by atoms with Gasteiger partial charge in [0.05, 0.1) is 31.0 Å². The molecule has 0 unspecified atom stereocenters. The Labute approximate surface area is 134 Å².